The molecule has 0 fully saturated rings. The standard InChI is InChI=1S/C26H55N/c1-3-5-7-9-11-12-13-14-16-18-20-23-26(24-21-25-27)22-19-17-15-10-8-6-4-2/h26H,3-25,27H2,1-2H3. The van der Waals surface area contributed by atoms with Crippen molar-refractivity contribution in [3.63, 3.8) is 0 Å². The monoisotopic (exact) mass is 381 g/mol. The molecule has 0 radical (unpaired) electrons. The molecule has 0 aromatic rings. The number of hydrogen-bond acceptors (Lipinski definition) is 1. The first-order valence-electron chi connectivity index (χ1n) is 13.0. The molecule has 27 heavy (non-hydrogen) atoms. The molecule has 0 aliphatic heterocycles. The molecule has 0 rings (SSSR count). The quantitative estimate of drug-likeness (QED) is 0.175. The van der Waals surface area contributed by atoms with Crippen molar-refractivity contribution >= 4 is 0 Å². The van der Waals surface area contributed by atoms with Gasteiger partial charge in [-0.15, -0.1) is 0 Å². The maximum absolute atomic E-state index is 5.76. The molecule has 2 N–H and O–H groups in total. The van der Waals surface area contributed by atoms with Gasteiger partial charge in [-0.05, 0) is 25.3 Å². The van der Waals surface area contributed by atoms with Crippen LogP contribution in [0.2, 0.25) is 0 Å². The van der Waals surface area contributed by atoms with Crippen molar-refractivity contribution in [3.8, 4) is 0 Å². The number of nitrogens with two attached hydrogens (primary N) is 1. The van der Waals surface area contributed by atoms with Crippen molar-refractivity contribution in [2.24, 2.45) is 11.7 Å². The third-order valence-electron chi connectivity index (χ3n) is 6.25. The van der Waals surface area contributed by atoms with Gasteiger partial charge in [0.25, 0.3) is 0 Å². The van der Waals surface area contributed by atoms with Gasteiger partial charge in [0.05, 0.1) is 0 Å². The Labute approximate surface area is 173 Å². The van der Waals surface area contributed by atoms with Gasteiger partial charge in [0.1, 0.15) is 0 Å². The number of unbranched alkanes of at least 4 members (excludes halogenated alkanes) is 16. The van der Waals surface area contributed by atoms with Crippen LogP contribution in [0.1, 0.15) is 155 Å². The molecule has 0 amide bonds. The maximum Gasteiger partial charge on any atom is -0.00772 e. The van der Waals surface area contributed by atoms with Crippen molar-refractivity contribution in [2.45, 2.75) is 155 Å². The molecule has 0 aromatic heterocycles. The zero-order valence-corrected chi connectivity index (χ0v) is 19.4. The lowest BCUT2D eigenvalue weighted by atomic mass is 9.90. The predicted octanol–water partition coefficient (Wildman–Crippen LogP) is 9.18. The molecule has 0 spiro atoms. The van der Waals surface area contributed by atoms with E-state index in [4.69, 9.17) is 5.73 Å². The van der Waals surface area contributed by atoms with Crippen molar-refractivity contribution in [3.05, 3.63) is 0 Å². The van der Waals surface area contributed by atoms with Gasteiger partial charge in [-0.3, -0.25) is 0 Å². The smallest absolute Gasteiger partial charge is 0.00772 e. The first-order valence-corrected chi connectivity index (χ1v) is 13.0. The van der Waals surface area contributed by atoms with Gasteiger partial charge in [-0.25, -0.2) is 0 Å². The lowest BCUT2D eigenvalue weighted by Crippen LogP contribution is -2.06. The Bertz CT molecular complexity index is 251. The third-order valence-corrected chi connectivity index (χ3v) is 6.25. The summed E-state index contributed by atoms with van der Waals surface area (Å²) in [4.78, 5) is 0. The molecular weight excluding hydrogens is 326 g/mol. The molecule has 0 saturated carbocycles. The van der Waals surface area contributed by atoms with E-state index in [0.717, 1.165) is 12.5 Å². The Morgan fingerprint density at radius 2 is 0.704 bits per heavy atom. The highest BCUT2D eigenvalue weighted by Gasteiger charge is 2.08. The summed E-state index contributed by atoms with van der Waals surface area (Å²) in [5.41, 5.74) is 5.76. The Balaban J connectivity index is 3.50. The van der Waals surface area contributed by atoms with Crippen LogP contribution in [0.4, 0.5) is 0 Å². The van der Waals surface area contributed by atoms with Crippen molar-refractivity contribution in [1.82, 2.24) is 0 Å². The van der Waals surface area contributed by atoms with Crippen LogP contribution in [0.15, 0.2) is 0 Å². The van der Waals surface area contributed by atoms with Crippen LogP contribution in [0, 0.1) is 5.92 Å². The van der Waals surface area contributed by atoms with Crippen LogP contribution in [0.25, 0.3) is 0 Å². The van der Waals surface area contributed by atoms with E-state index in [1.165, 1.54) is 141 Å². The minimum atomic E-state index is 0.881. The molecular formula is C26H55N. The molecule has 0 heterocycles. The van der Waals surface area contributed by atoms with Gasteiger partial charge in [-0.2, -0.15) is 0 Å². The molecule has 0 bridgehead atoms. The second-order valence-corrected chi connectivity index (χ2v) is 9.03. The zero-order chi connectivity index (χ0) is 19.8. The minimum absolute atomic E-state index is 0.881. The molecule has 164 valence electrons. The van der Waals surface area contributed by atoms with Gasteiger partial charge in [0.2, 0.25) is 0 Å². The van der Waals surface area contributed by atoms with Crippen LogP contribution < -0.4 is 5.73 Å². The summed E-state index contributed by atoms with van der Waals surface area (Å²) in [6, 6.07) is 0. The van der Waals surface area contributed by atoms with Crippen molar-refractivity contribution in [2.75, 3.05) is 6.54 Å². The van der Waals surface area contributed by atoms with Crippen LogP contribution in [0.3, 0.4) is 0 Å². The van der Waals surface area contributed by atoms with Gasteiger partial charge in [0.15, 0.2) is 0 Å². The summed E-state index contributed by atoms with van der Waals surface area (Å²) in [7, 11) is 0. The fourth-order valence-electron chi connectivity index (χ4n) is 4.33. The Kier molecular flexibility index (Phi) is 24.0. The Morgan fingerprint density at radius 1 is 0.407 bits per heavy atom. The van der Waals surface area contributed by atoms with Crippen molar-refractivity contribution < 1.29 is 0 Å². The summed E-state index contributed by atoms with van der Waals surface area (Å²) in [6.07, 6.45) is 31.6. The molecule has 0 aromatic carbocycles. The van der Waals surface area contributed by atoms with Gasteiger partial charge in [-0.1, -0.05) is 142 Å². The van der Waals surface area contributed by atoms with E-state index in [2.05, 4.69) is 13.8 Å². The Morgan fingerprint density at radius 3 is 1.04 bits per heavy atom. The highest BCUT2D eigenvalue weighted by molar-refractivity contribution is 4.62. The van der Waals surface area contributed by atoms with Crippen LogP contribution >= 0.6 is 0 Å². The normalized spacial score (nSPS) is 12.6. The molecule has 0 aliphatic carbocycles. The Hall–Kier alpha value is -0.0400. The average molecular weight is 382 g/mol. The van der Waals surface area contributed by atoms with Gasteiger partial charge >= 0.3 is 0 Å². The van der Waals surface area contributed by atoms with Crippen LogP contribution in [0.5, 0.6) is 0 Å². The summed E-state index contributed by atoms with van der Waals surface area (Å²) >= 11 is 0. The summed E-state index contributed by atoms with van der Waals surface area (Å²) in [5.74, 6) is 0.961. The van der Waals surface area contributed by atoms with E-state index in [1.807, 2.05) is 0 Å². The highest BCUT2D eigenvalue weighted by Crippen LogP contribution is 2.23. The summed E-state index contributed by atoms with van der Waals surface area (Å²) in [6.45, 7) is 5.48. The molecule has 0 aliphatic rings. The SMILES string of the molecule is CCCCCCCCCCCCCC(CCCN)CCCCCCCCC. The van der Waals surface area contributed by atoms with E-state index in [-0.39, 0.29) is 0 Å². The van der Waals surface area contributed by atoms with Crippen LogP contribution in [-0.4, -0.2) is 6.54 Å². The molecule has 0 saturated heterocycles. The number of hydrogen-bond donors (Lipinski definition) is 1. The molecule has 1 atom stereocenters. The van der Waals surface area contributed by atoms with Crippen LogP contribution in [-0.2, 0) is 0 Å². The largest absolute Gasteiger partial charge is 0.330 e. The number of rotatable bonds is 23. The first kappa shape index (κ1) is 27.0. The van der Waals surface area contributed by atoms with Crippen molar-refractivity contribution in [1.29, 1.82) is 0 Å². The van der Waals surface area contributed by atoms with E-state index in [9.17, 15) is 0 Å². The molecule has 1 heteroatoms. The molecule has 1 unspecified atom stereocenters. The van der Waals surface area contributed by atoms with E-state index >= 15 is 0 Å². The predicted molar refractivity (Wildman–Crippen MR) is 125 cm³/mol. The second kappa shape index (κ2) is 24.0. The fourth-order valence-corrected chi connectivity index (χ4v) is 4.33. The van der Waals surface area contributed by atoms with E-state index < -0.39 is 0 Å². The summed E-state index contributed by atoms with van der Waals surface area (Å²) in [5, 5.41) is 0. The minimum Gasteiger partial charge on any atom is -0.330 e. The fraction of sp³-hybridized carbons (Fsp3) is 1.00. The summed E-state index contributed by atoms with van der Waals surface area (Å²) < 4.78 is 0. The highest BCUT2D eigenvalue weighted by atomic mass is 14.5. The first-order chi connectivity index (χ1) is 13.3. The molecule has 1 nitrogen and oxygen atoms in total. The van der Waals surface area contributed by atoms with E-state index in [0.29, 0.717) is 0 Å². The zero-order valence-electron chi connectivity index (χ0n) is 19.4. The second-order valence-electron chi connectivity index (χ2n) is 9.03. The average Bonchev–Trinajstić information content (AvgIpc) is 2.68. The lowest BCUT2D eigenvalue weighted by molar-refractivity contribution is 0.373. The third kappa shape index (κ3) is 22.1. The topological polar surface area (TPSA) is 26.0 Å². The maximum atomic E-state index is 5.76. The van der Waals surface area contributed by atoms with Gasteiger partial charge in [0, 0.05) is 0 Å². The lowest BCUT2D eigenvalue weighted by Gasteiger charge is -2.16. The van der Waals surface area contributed by atoms with E-state index in [1.54, 1.807) is 0 Å². The van der Waals surface area contributed by atoms with Gasteiger partial charge < -0.3 is 5.73 Å².